The van der Waals surface area contributed by atoms with Gasteiger partial charge in [-0.1, -0.05) is 12.1 Å². The monoisotopic (exact) mass is 229 g/mol. The summed E-state index contributed by atoms with van der Waals surface area (Å²) in [5.74, 6) is 0.862. The van der Waals surface area contributed by atoms with Crippen molar-refractivity contribution in [3.63, 3.8) is 0 Å². The highest BCUT2D eigenvalue weighted by molar-refractivity contribution is 5.85. The van der Waals surface area contributed by atoms with Gasteiger partial charge in [0, 0.05) is 13.2 Å². The van der Waals surface area contributed by atoms with Crippen molar-refractivity contribution in [1.29, 1.82) is 0 Å². The van der Waals surface area contributed by atoms with E-state index in [0.29, 0.717) is 11.8 Å². The highest BCUT2D eigenvalue weighted by Gasteiger charge is 2.22. The smallest absolute Gasteiger partial charge is 0.156 e. The molecule has 16 heavy (non-hydrogen) atoms. The Kier molecular flexibility index (Phi) is 5.55. The van der Waals surface area contributed by atoms with Crippen LogP contribution in [0.3, 0.4) is 0 Å². The number of oxime groups is 1. The molecule has 5 heteroatoms. The van der Waals surface area contributed by atoms with Crippen molar-refractivity contribution in [1.82, 2.24) is 4.90 Å². The molecule has 1 saturated heterocycles. The average Bonchev–Trinajstić information content (AvgIpc) is 2.31. The zero-order valence-corrected chi connectivity index (χ0v) is 10.2. The van der Waals surface area contributed by atoms with Crippen LogP contribution >= 0.6 is 0 Å². The maximum atomic E-state index is 8.70. The largest absolute Gasteiger partial charge is 0.409 e. The molecule has 2 atom stereocenters. The zero-order chi connectivity index (χ0) is 12.0. The molecule has 0 aromatic heterocycles. The number of nitrogens with zero attached hydrogens (tertiary/aromatic N) is 2. The second-order valence-electron chi connectivity index (χ2n) is 4.47. The topological polar surface area (TPSA) is 71.1 Å². The first-order valence-electron chi connectivity index (χ1n) is 5.94. The molecule has 1 aliphatic rings. The summed E-state index contributed by atoms with van der Waals surface area (Å²) in [5.41, 5.74) is 5.66. The molecule has 0 saturated carbocycles. The summed E-state index contributed by atoms with van der Waals surface area (Å²) < 4.78 is 5.45. The first kappa shape index (κ1) is 13.3. The van der Waals surface area contributed by atoms with E-state index >= 15 is 0 Å². The van der Waals surface area contributed by atoms with E-state index in [2.05, 4.69) is 10.1 Å². The average molecular weight is 229 g/mol. The summed E-state index contributed by atoms with van der Waals surface area (Å²) in [6.45, 7) is 4.69. The SMILES string of the molecule is CCC(C(N)=NO)N(C)CC1CCCOC1. The van der Waals surface area contributed by atoms with E-state index in [1.807, 2.05) is 14.0 Å². The fraction of sp³-hybridized carbons (Fsp3) is 0.909. The van der Waals surface area contributed by atoms with Crippen LogP contribution in [0.2, 0.25) is 0 Å². The van der Waals surface area contributed by atoms with Gasteiger partial charge in [-0.25, -0.2) is 0 Å². The molecule has 0 amide bonds. The van der Waals surface area contributed by atoms with Gasteiger partial charge >= 0.3 is 0 Å². The molecular formula is C11H23N3O2. The minimum atomic E-state index is 0.0203. The lowest BCUT2D eigenvalue weighted by Gasteiger charge is -2.31. The van der Waals surface area contributed by atoms with Gasteiger partial charge in [0.2, 0.25) is 0 Å². The first-order chi connectivity index (χ1) is 7.69. The minimum Gasteiger partial charge on any atom is -0.409 e. The molecule has 0 spiro atoms. The summed E-state index contributed by atoms with van der Waals surface area (Å²) in [7, 11) is 2.01. The number of likely N-dealkylation sites (N-methyl/N-ethyl adjacent to an activating group) is 1. The van der Waals surface area contributed by atoms with Crippen molar-refractivity contribution in [3.05, 3.63) is 0 Å². The van der Waals surface area contributed by atoms with Crippen LogP contribution in [0.5, 0.6) is 0 Å². The molecule has 0 aromatic carbocycles. The molecule has 2 unspecified atom stereocenters. The van der Waals surface area contributed by atoms with Crippen LogP contribution in [0.1, 0.15) is 26.2 Å². The van der Waals surface area contributed by atoms with Crippen LogP contribution in [0.4, 0.5) is 0 Å². The second kappa shape index (κ2) is 6.70. The summed E-state index contributed by atoms with van der Waals surface area (Å²) in [5, 5.41) is 11.8. The van der Waals surface area contributed by atoms with Crippen molar-refractivity contribution >= 4 is 5.84 Å². The number of hydrogen-bond acceptors (Lipinski definition) is 4. The van der Waals surface area contributed by atoms with Crippen molar-refractivity contribution in [3.8, 4) is 0 Å². The molecule has 0 radical (unpaired) electrons. The van der Waals surface area contributed by atoms with Crippen molar-refractivity contribution in [2.24, 2.45) is 16.8 Å². The van der Waals surface area contributed by atoms with Crippen LogP contribution in [0, 0.1) is 5.92 Å². The Morgan fingerprint density at radius 1 is 1.69 bits per heavy atom. The second-order valence-corrected chi connectivity index (χ2v) is 4.47. The lowest BCUT2D eigenvalue weighted by atomic mass is 10.0. The first-order valence-corrected chi connectivity index (χ1v) is 5.94. The van der Waals surface area contributed by atoms with E-state index in [4.69, 9.17) is 15.7 Å². The molecule has 3 N–H and O–H groups in total. The third kappa shape index (κ3) is 3.64. The summed E-state index contributed by atoms with van der Waals surface area (Å²) >= 11 is 0. The number of nitrogens with two attached hydrogens (primary N) is 1. The molecule has 0 aromatic rings. The number of amidine groups is 1. The standard InChI is InChI=1S/C11H23N3O2/c1-3-10(11(12)13-15)14(2)7-9-5-4-6-16-8-9/h9-10,15H,3-8H2,1-2H3,(H2,12,13). The highest BCUT2D eigenvalue weighted by Crippen LogP contribution is 2.16. The van der Waals surface area contributed by atoms with Crippen LogP contribution < -0.4 is 5.73 Å². The predicted octanol–water partition coefficient (Wildman–Crippen LogP) is 0.870. The van der Waals surface area contributed by atoms with Gasteiger partial charge in [0.05, 0.1) is 12.6 Å². The Morgan fingerprint density at radius 2 is 2.44 bits per heavy atom. The van der Waals surface area contributed by atoms with Gasteiger partial charge < -0.3 is 15.7 Å². The van der Waals surface area contributed by atoms with E-state index in [9.17, 15) is 0 Å². The molecule has 1 rings (SSSR count). The Bertz CT molecular complexity index is 227. The lowest BCUT2D eigenvalue weighted by molar-refractivity contribution is 0.0394. The summed E-state index contributed by atoms with van der Waals surface area (Å²) in [6.07, 6.45) is 3.19. The Balaban J connectivity index is 2.44. The molecular weight excluding hydrogens is 206 g/mol. The quantitative estimate of drug-likeness (QED) is 0.317. The van der Waals surface area contributed by atoms with Gasteiger partial charge in [0.15, 0.2) is 5.84 Å². The molecule has 1 fully saturated rings. The van der Waals surface area contributed by atoms with Crippen LogP contribution in [0.25, 0.3) is 0 Å². The van der Waals surface area contributed by atoms with Gasteiger partial charge in [-0.05, 0) is 32.2 Å². The maximum Gasteiger partial charge on any atom is 0.156 e. The molecule has 5 nitrogen and oxygen atoms in total. The Labute approximate surface area is 97.2 Å². The molecule has 1 aliphatic heterocycles. The van der Waals surface area contributed by atoms with Gasteiger partial charge in [-0.2, -0.15) is 0 Å². The Morgan fingerprint density at radius 3 is 2.94 bits per heavy atom. The van der Waals surface area contributed by atoms with Crippen molar-refractivity contribution in [2.75, 3.05) is 26.8 Å². The molecule has 0 aliphatic carbocycles. The van der Waals surface area contributed by atoms with Crippen molar-refractivity contribution < 1.29 is 9.94 Å². The van der Waals surface area contributed by atoms with E-state index in [1.165, 1.54) is 6.42 Å². The number of rotatable bonds is 5. The third-order valence-corrected chi connectivity index (χ3v) is 3.18. The molecule has 94 valence electrons. The fourth-order valence-electron chi connectivity index (χ4n) is 2.30. The maximum absolute atomic E-state index is 8.70. The van der Waals surface area contributed by atoms with E-state index in [0.717, 1.165) is 32.6 Å². The van der Waals surface area contributed by atoms with E-state index < -0.39 is 0 Å². The predicted molar refractivity (Wildman–Crippen MR) is 63.7 cm³/mol. The van der Waals surface area contributed by atoms with E-state index in [-0.39, 0.29) is 6.04 Å². The van der Waals surface area contributed by atoms with E-state index in [1.54, 1.807) is 0 Å². The van der Waals surface area contributed by atoms with Gasteiger partial charge in [0.25, 0.3) is 0 Å². The fourth-order valence-corrected chi connectivity index (χ4v) is 2.30. The molecule has 1 heterocycles. The lowest BCUT2D eigenvalue weighted by Crippen LogP contribution is -2.45. The van der Waals surface area contributed by atoms with Gasteiger partial charge in [-0.15, -0.1) is 0 Å². The summed E-state index contributed by atoms with van der Waals surface area (Å²) in [6, 6.07) is 0.0203. The molecule has 0 bridgehead atoms. The Hall–Kier alpha value is -0.810. The third-order valence-electron chi connectivity index (χ3n) is 3.18. The van der Waals surface area contributed by atoms with Crippen LogP contribution in [-0.2, 0) is 4.74 Å². The number of hydrogen-bond donors (Lipinski definition) is 2. The van der Waals surface area contributed by atoms with Crippen molar-refractivity contribution in [2.45, 2.75) is 32.2 Å². The number of ether oxygens (including phenoxy) is 1. The zero-order valence-electron chi connectivity index (χ0n) is 10.2. The highest BCUT2D eigenvalue weighted by atomic mass is 16.5. The van der Waals surface area contributed by atoms with Gasteiger partial charge in [-0.3, -0.25) is 4.90 Å². The normalized spacial score (nSPS) is 24.7. The summed E-state index contributed by atoms with van der Waals surface area (Å²) in [4.78, 5) is 2.15. The van der Waals surface area contributed by atoms with Crippen LogP contribution in [0.15, 0.2) is 5.16 Å². The minimum absolute atomic E-state index is 0.0203. The van der Waals surface area contributed by atoms with Crippen LogP contribution in [-0.4, -0.2) is 48.8 Å². The van der Waals surface area contributed by atoms with Gasteiger partial charge in [0.1, 0.15) is 0 Å².